The lowest BCUT2D eigenvalue weighted by molar-refractivity contribution is 0.299. The molecule has 1 aromatic carbocycles. The van der Waals surface area contributed by atoms with Crippen LogP contribution in [0.5, 0.6) is 0 Å². The van der Waals surface area contributed by atoms with Crippen LogP contribution in [0, 0.1) is 5.82 Å². The van der Waals surface area contributed by atoms with Crippen LogP contribution in [-0.4, -0.2) is 23.3 Å². The molecular formula is C11H14BrClFN. The number of hydrogen-bond donors (Lipinski definition) is 0. The van der Waals surface area contributed by atoms with Crippen LogP contribution in [0.25, 0.3) is 0 Å². The maximum Gasteiger partial charge on any atom is 0.142 e. The number of rotatable bonds is 5. The third-order valence-electron chi connectivity index (χ3n) is 2.27. The number of nitrogens with zero attached hydrogens (tertiary/aromatic N) is 1. The lowest BCUT2D eigenvalue weighted by atomic mass is 10.2. The third kappa shape index (κ3) is 3.74. The minimum atomic E-state index is -0.343. The summed E-state index contributed by atoms with van der Waals surface area (Å²) in [5, 5.41) is 1.15. The fourth-order valence-electron chi connectivity index (χ4n) is 1.38. The van der Waals surface area contributed by atoms with Crippen LogP contribution in [0.15, 0.2) is 18.2 Å². The molecule has 1 rings (SSSR count). The molecule has 0 N–H and O–H groups in total. The summed E-state index contributed by atoms with van der Waals surface area (Å²) in [4.78, 5) is 2.20. The molecule has 0 saturated carbocycles. The van der Waals surface area contributed by atoms with Crippen LogP contribution in [0.3, 0.4) is 0 Å². The summed E-state index contributed by atoms with van der Waals surface area (Å²) in [5.74, 6) is -0.343. The van der Waals surface area contributed by atoms with E-state index in [4.69, 9.17) is 11.6 Å². The first-order valence-corrected chi connectivity index (χ1v) is 6.40. The SMILES string of the molecule is CCN(CCBr)Cc1cccc(F)c1Cl. The van der Waals surface area contributed by atoms with Gasteiger partial charge in [0.15, 0.2) is 0 Å². The fraction of sp³-hybridized carbons (Fsp3) is 0.455. The topological polar surface area (TPSA) is 3.24 Å². The maximum atomic E-state index is 13.2. The molecule has 84 valence electrons. The van der Waals surface area contributed by atoms with Gasteiger partial charge in [0.25, 0.3) is 0 Å². The van der Waals surface area contributed by atoms with E-state index in [1.807, 2.05) is 6.07 Å². The fourth-order valence-corrected chi connectivity index (χ4v) is 2.07. The largest absolute Gasteiger partial charge is 0.298 e. The van der Waals surface area contributed by atoms with Crippen molar-refractivity contribution in [2.75, 3.05) is 18.4 Å². The first-order chi connectivity index (χ1) is 7.19. The van der Waals surface area contributed by atoms with Crippen LogP contribution in [0.2, 0.25) is 5.02 Å². The maximum absolute atomic E-state index is 13.2. The molecule has 0 saturated heterocycles. The Hall–Kier alpha value is -0.120. The van der Waals surface area contributed by atoms with E-state index in [2.05, 4.69) is 27.8 Å². The molecule has 0 bridgehead atoms. The number of hydrogen-bond acceptors (Lipinski definition) is 1. The molecular weight excluding hydrogens is 280 g/mol. The van der Waals surface area contributed by atoms with Gasteiger partial charge in [0.1, 0.15) is 5.82 Å². The Labute approximate surface area is 103 Å². The zero-order chi connectivity index (χ0) is 11.3. The Bertz CT molecular complexity index is 319. The second-order valence-electron chi connectivity index (χ2n) is 3.27. The van der Waals surface area contributed by atoms with Gasteiger partial charge < -0.3 is 0 Å². The van der Waals surface area contributed by atoms with Gasteiger partial charge in [-0.2, -0.15) is 0 Å². The van der Waals surface area contributed by atoms with Crippen molar-refractivity contribution in [1.29, 1.82) is 0 Å². The third-order valence-corrected chi connectivity index (χ3v) is 3.05. The standard InChI is InChI=1S/C11H14BrClFN/c1-2-15(7-6-12)8-9-4-3-5-10(14)11(9)13/h3-5H,2,6-8H2,1H3. The van der Waals surface area contributed by atoms with Crippen molar-refractivity contribution in [3.05, 3.63) is 34.6 Å². The van der Waals surface area contributed by atoms with E-state index in [-0.39, 0.29) is 10.8 Å². The molecule has 0 radical (unpaired) electrons. The van der Waals surface area contributed by atoms with Gasteiger partial charge in [0.2, 0.25) is 0 Å². The summed E-state index contributed by atoms with van der Waals surface area (Å²) < 4.78 is 13.2. The van der Waals surface area contributed by atoms with E-state index < -0.39 is 0 Å². The lowest BCUT2D eigenvalue weighted by Crippen LogP contribution is -2.25. The molecule has 0 atom stereocenters. The Morgan fingerprint density at radius 1 is 1.47 bits per heavy atom. The van der Waals surface area contributed by atoms with Crippen molar-refractivity contribution in [2.24, 2.45) is 0 Å². The summed E-state index contributed by atoms with van der Waals surface area (Å²) in [6.45, 7) is 4.64. The lowest BCUT2D eigenvalue weighted by Gasteiger charge is -2.19. The van der Waals surface area contributed by atoms with Crippen LogP contribution in [-0.2, 0) is 6.54 Å². The Kier molecular flexibility index (Phi) is 5.58. The van der Waals surface area contributed by atoms with Crippen LogP contribution in [0.1, 0.15) is 12.5 Å². The minimum Gasteiger partial charge on any atom is -0.298 e. The van der Waals surface area contributed by atoms with Crippen LogP contribution < -0.4 is 0 Å². The molecule has 0 aliphatic heterocycles. The Morgan fingerprint density at radius 3 is 2.80 bits per heavy atom. The number of alkyl halides is 1. The van der Waals surface area contributed by atoms with E-state index in [0.717, 1.165) is 24.0 Å². The van der Waals surface area contributed by atoms with E-state index in [9.17, 15) is 4.39 Å². The molecule has 0 aromatic heterocycles. The van der Waals surface area contributed by atoms with Gasteiger partial charge >= 0.3 is 0 Å². The highest BCUT2D eigenvalue weighted by Gasteiger charge is 2.08. The molecule has 4 heteroatoms. The molecule has 1 nitrogen and oxygen atoms in total. The summed E-state index contributed by atoms with van der Waals surface area (Å²) in [7, 11) is 0. The zero-order valence-electron chi connectivity index (χ0n) is 8.64. The normalized spacial score (nSPS) is 11.0. The average Bonchev–Trinajstić information content (AvgIpc) is 2.24. The van der Waals surface area contributed by atoms with Gasteiger partial charge in [0, 0.05) is 18.4 Å². The predicted octanol–water partition coefficient (Wildman–Crippen LogP) is 3.70. The Morgan fingerprint density at radius 2 is 2.20 bits per heavy atom. The van der Waals surface area contributed by atoms with Crippen LogP contribution in [0.4, 0.5) is 4.39 Å². The van der Waals surface area contributed by atoms with E-state index in [1.54, 1.807) is 6.07 Å². The van der Waals surface area contributed by atoms with Gasteiger partial charge in [0.05, 0.1) is 5.02 Å². The first-order valence-electron chi connectivity index (χ1n) is 4.90. The molecule has 0 amide bonds. The van der Waals surface area contributed by atoms with E-state index in [1.165, 1.54) is 6.07 Å². The average molecular weight is 295 g/mol. The molecule has 0 unspecified atom stereocenters. The van der Waals surface area contributed by atoms with Crippen molar-refractivity contribution in [1.82, 2.24) is 4.90 Å². The van der Waals surface area contributed by atoms with Gasteiger partial charge in [-0.25, -0.2) is 4.39 Å². The first kappa shape index (κ1) is 12.9. The summed E-state index contributed by atoms with van der Waals surface area (Å²) >= 11 is 9.27. The quantitative estimate of drug-likeness (QED) is 0.749. The van der Waals surface area contributed by atoms with Crippen molar-refractivity contribution < 1.29 is 4.39 Å². The smallest absolute Gasteiger partial charge is 0.142 e. The molecule has 15 heavy (non-hydrogen) atoms. The van der Waals surface area contributed by atoms with Crippen molar-refractivity contribution in [3.8, 4) is 0 Å². The second kappa shape index (κ2) is 6.46. The highest BCUT2D eigenvalue weighted by Crippen LogP contribution is 2.20. The van der Waals surface area contributed by atoms with Gasteiger partial charge in [-0.3, -0.25) is 4.90 Å². The number of benzene rings is 1. The molecule has 0 fully saturated rings. The summed E-state index contributed by atoms with van der Waals surface area (Å²) in [5.41, 5.74) is 0.847. The molecule has 1 aromatic rings. The van der Waals surface area contributed by atoms with Gasteiger partial charge in [-0.05, 0) is 18.2 Å². The van der Waals surface area contributed by atoms with Crippen LogP contribution >= 0.6 is 27.5 Å². The van der Waals surface area contributed by atoms with Crippen molar-refractivity contribution in [2.45, 2.75) is 13.5 Å². The molecule has 0 spiro atoms. The van der Waals surface area contributed by atoms with Gasteiger partial charge in [-0.1, -0.05) is 46.6 Å². The predicted molar refractivity (Wildman–Crippen MR) is 66.2 cm³/mol. The summed E-state index contributed by atoms with van der Waals surface area (Å²) in [6.07, 6.45) is 0. The second-order valence-corrected chi connectivity index (χ2v) is 4.44. The number of halogens is 3. The summed E-state index contributed by atoms with van der Waals surface area (Å²) in [6, 6.07) is 4.94. The molecule has 0 heterocycles. The van der Waals surface area contributed by atoms with Crippen molar-refractivity contribution in [3.63, 3.8) is 0 Å². The van der Waals surface area contributed by atoms with Crippen molar-refractivity contribution >= 4 is 27.5 Å². The van der Waals surface area contributed by atoms with Gasteiger partial charge in [-0.15, -0.1) is 0 Å². The minimum absolute atomic E-state index is 0.241. The monoisotopic (exact) mass is 293 g/mol. The Balaban J connectivity index is 2.74. The highest BCUT2D eigenvalue weighted by molar-refractivity contribution is 9.09. The zero-order valence-corrected chi connectivity index (χ0v) is 11.0. The van der Waals surface area contributed by atoms with E-state index >= 15 is 0 Å². The molecule has 0 aliphatic rings. The highest BCUT2D eigenvalue weighted by atomic mass is 79.9. The van der Waals surface area contributed by atoms with E-state index in [0.29, 0.717) is 6.54 Å². The molecule has 0 aliphatic carbocycles.